The number of carbonyl (C=O) groups is 1. The highest BCUT2D eigenvalue weighted by atomic mass is 32.2. The predicted octanol–water partition coefficient (Wildman–Crippen LogP) is 3.13. The van der Waals surface area contributed by atoms with Crippen molar-refractivity contribution in [2.45, 2.75) is 25.5 Å². The highest BCUT2D eigenvalue weighted by Gasteiger charge is 2.44. The van der Waals surface area contributed by atoms with E-state index in [0.717, 1.165) is 15.3 Å². The second-order valence-corrected chi connectivity index (χ2v) is 8.54. The van der Waals surface area contributed by atoms with Crippen molar-refractivity contribution in [1.29, 1.82) is 0 Å². The second-order valence-electron chi connectivity index (χ2n) is 6.77. The maximum absolute atomic E-state index is 13.9. The van der Waals surface area contributed by atoms with E-state index in [1.165, 1.54) is 31.4 Å². The van der Waals surface area contributed by atoms with Gasteiger partial charge in [0.15, 0.2) is 11.6 Å². The molecule has 3 rings (SSSR count). The van der Waals surface area contributed by atoms with Gasteiger partial charge in [-0.3, -0.25) is 4.79 Å². The molecule has 29 heavy (non-hydrogen) atoms. The monoisotopic (exact) mass is 419 g/mol. The highest BCUT2D eigenvalue weighted by Crippen LogP contribution is 2.28. The number of sulfonamides is 1. The van der Waals surface area contributed by atoms with Crippen molar-refractivity contribution in [3.63, 3.8) is 0 Å². The van der Waals surface area contributed by atoms with Gasteiger partial charge < -0.3 is 9.47 Å². The number of rotatable bonds is 6. The molecule has 1 fully saturated rings. The van der Waals surface area contributed by atoms with Gasteiger partial charge in [0.25, 0.3) is 0 Å². The largest absolute Gasteiger partial charge is 0.486 e. The zero-order valence-electron chi connectivity index (χ0n) is 16.1. The van der Waals surface area contributed by atoms with Crippen molar-refractivity contribution < 1.29 is 27.1 Å². The Bertz CT molecular complexity index is 1000. The van der Waals surface area contributed by atoms with Crippen LogP contribution in [0.25, 0.3) is 6.08 Å². The van der Waals surface area contributed by atoms with Crippen LogP contribution in [0.1, 0.15) is 17.5 Å². The lowest BCUT2D eigenvalue weighted by Crippen LogP contribution is -2.40. The molecule has 154 valence electrons. The Morgan fingerprint density at radius 2 is 1.86 bits per heavy atom. The minimum absolute atomic E-state index is 0.00978. The summed E-state index contributed by atoms with van der Waals surface area (Å²) in [5.41, 5.74) is 1.77. The van der Waals surface area contributed by atoms with Crippen LogP contribution in [0.2, 0.25) is 0 Å². The van der Waals surface area contributed by atoms with E-state index >= 15 is 0 Å². The number of para-hydroxylation sites is 1. The Hall–Kier alpha value is -2.71. The zero-order chi connectivity index (χ0) is 21.0. The summed E-state index contributed by atoms with van der Waals surface area (Å²) in [4.78, 5) is 12.2. The van der Waals surface area contributed by atoms with Crippen molar-refractivity contribution in [3.8, 4) is 5.75 Å². The first kappa shape index (κ1) is 21.0. The zero-order valence-corrected chi connectivity index (χ0v) is 16.9. The van der Waals surface area contributed by atoms with E-state index in [4.69, 9.17) is 9.47 Å². The minimum Gasteiger partial charge on any atom is -0.486 e. The van der Waals surface area contributed by atoms with Crippen LogP contribution >= 0.6 is 0 Å². The van der Waals surface area contributed by atoms with E-state index in [1.807, 2.05) is 19.1 Å². The maximum Gasteiger partial charge on any atom is 0.324 e. The number of benzene rings is 2. The van der Waals surface area contributed by atoms with E-state index in [2.05, 4.69) is 0 Å². The second kappa shape index (κ2) is 8.75. The molecule has 1 aliphatic heterocycles. The summed E-state index contributed by atoms with van der Waals surface area (Å²) < 4.78 is 51.0. The molecule has 0 aromatic heterocycles. The lowest BCUT2D eigenvalue weighted by Gasteiger charge is -2.19. The standard InChI is InChI=1S/C21H22FNO5S/c1-15-7-9-16(10-8-15)11-12-29(25,26)23-14-17(13-19(23)21(24)27-2)28-20-6-4-3-5-18(20)22/h3-12,17,19H,13-14H2,1-2H3/b12-11+. The molecule has 2 aromatic carbocycles. The average Bonchev–Trinajstić information content (AvgIpc) is 3.14. The molecule has 0 amide bonds. The molecule has 8 heteroatoms. The van der Waals surface area contributed by atoms with Gasteiger partial charge in [0, 0.05) is 11.8 Å². The van der Waals surface area contributed by atoms with Gasteiger partial charge in [-0.15, -0.1) is 0 Å². The van der Waals surface area contributed by atoms with Crippen LogP contribution in [0.4, 0.5) is 4.39 Å². The van der Waals surface area contributed by atoms with Crippen molar-refractivity contribution in [3.05, 3.63) is 70.9 Å². The molecule has 0 N–H and O–H groups in total. The van der Waals surface area contributed by atoms with Crippen LogP contribution in [-0.4, -0.2) is 44.5 Å². The summed E-state index contributed by atoms with van der Waals surface area (Å²) in [6.45, 7) is 1.85. The first-order valence-electron chi connectivity index (χ1n) is 9.06. The fourth-order valence-electron chi connectivity index (χ4n) is 3.13. The number of hydrogen-bond donors (Lipinski definition) is 0. The number of esters is 1. The van der Waals surface area contributed by atoms with Crippen LogP contribution in [0.3, 0.4) is 0 Å². The Morgan fingerprint density at radius 3 is 2.52 bits per heavy atom. The molecule has 0 spiro atoms. The SMILES string of the molecule is COC(=O)C1CC(Oc2ccccc2F)CN1S(=O)(=O)/C=C/c1ccc(C)cc1. The molecule has 0 bridgehead atoms. The van der Waals surface area contributed by atoms with Crippen molar-refractivity contribution in [1.82, 2.24) is 4.31 Å². The summed E-state index contributed by atoms with van der Waals surface area (Å²) in [6, 6.07) is 12.2. The lowest BCUT2D eigenvalue weighted by atomic mass is 10.2. The Kier molecular flexibility index (Phi) is 6.34. The van der Waals surface area contributed by atoms with Crippen molar-refractivity contribution in [2.75, 3.05) is 13.7 Å². The summed E-state index contributed by atoms with van der Waals surface area (Å²) in [5, 5.41) is 1.05. The molecule has 2 unspecified atom stereocenters. The smallest absolute Gasteiger partial charge is 0.324 e. The molecule has 6 nitrogen and oxygen atoms in total. The number of nitrogens with zero attached hydrogens (tertiary/aromatic N) is 1. The molecule has 0 saturated carbocycles. The third-order valence-electron chi connectivity index (χ3n) is 4.66. The highest BCUT2D eigenvalue weighted by molar-refractivity contribution is 7.92. The van der Waals surface area contributed by atoms with Crippen molar-refractivity contribution in [2.24, 2.45) is 0 Å². The van der Waals surface area contributed by atoms with Gasteiger partial charge in [0.2, 0.25) is 10.0 Å². The third-order valence-corrected chi connectivity index (χ3v) is 6.19. The normalized spacial score (nSPS) is 20.1. The van der Waals surface area contributed by atoms with Crippen LogP contribution in [0.5, 0.6) is 5.75 Å². The van der Waals surface area contributed by atoms with Crippen LogP contribution in [0.15, 0.2) is 53.9 Å². The minimum atomic E-state index is -3.93. The van der Waals surface area contributed by atoms with E-state index in [1.54, 1.807) is 18.2 Å². The molecular weight excluding hydrogens is 397 g/mol. The molecule has 1 aliphatic rings. The molecular formula is C21H22FNO5S. The van der Waals surface area contributed by atoms with Gasteiger partial charge in [-0.1, -0.05) is 42.0 Å². The summed E-state index contributed by atoms with van der Waals surface area (Å²) >= 11 is 0. The lowest BCUT2D eigenvalue weighted by molar-refractivity contribution is -0.144. The quantitative estimate of drug-likeness (QED) is 0.673. The number of hydrogen-bond acceptors (Lipinski definition) is 5. The average molecular weight is 419 g/mol. The predicted molar refractivity (Wildman–Crippen MR) is 107 cm³/mol. The topological polar surface area (TPSA) is 72.9 Å². The number of carbonyl (C=O) groups excluding carboxylic acids is 1. The Morgan fingerprint density at radius 1 is 1.17 bits per heavy atom. The molecule has 0 aliphatic carbocycles. The number of halogens is 1. The molecule has 0 radical (unpaired) electrons. The van der Waals surface area contributed by atoms with Gasteiger partial charge in [-0.25, -0.2) is 12.8 Å². The van der Waals surface area contributed by atoms with Gasteiger partial charge in [-0.2, -0.15) is 4.31 Å². The van der Waals surface area contributed by atoms with Gasteiger partial charge in [-0.05, 0) is 30.7 Å². The van der Waals surface area contributed by atoms with E-state index < -0.39 is 34.0 Å². The van der Waals surface area contributed by atoms with Gasteiger partial charge >= 0.3 is 5.97 Å². The number of methoxy groups -OCH3 is 1. The van der Waals surface area contributed by atoms with Crippen LogP contribution < -0.4 is 4.74 Å². The number of aryl methyl sites for hydroxylation is 1. The fourth-order valence-corrected chi connectivity index (χ4v) is 4.51. The first-order valence-corrected chi connectivity index (χ1v) is 10.6. The molecule has 1 heterocycles. The third kappa shape index (κ3) is 5.02. The van der Waals surface area contributed by atoms with Gasteiger partial charge in [0.1, 0.15) is 12.1 Å². The van der Waals surface area contributed by atoms with E-state index in [9.17, 15) is 17.6 Å². The fraction of sp³-hybridized carbons (Fsp3) is 0.286. The number of ether oxygens (including phenoxy) is 2. The van der Waals surface area contributed by atoms with Crippen molar-refractivity contribution >= 4 is 22.1 Å². The van der Waals surface area contributed by atoms with Crippen LogP contribution in [0, 0.1) is 12.7 Å². The molecule has 2 aromatic rings. The molecule has 1 saturated heterocycles. The first-order chi connectivity index (χ1) is 13.8. The Balaban J connectivity index is 1.81. The van der Waals surface area contributed by atoms with Gasteiger partial charge in [0.05, 0.1) is 13.7 Å². The van der Waals surface area contributed by atoms with E-state index in [-0.39, 0.29) is 18.7 Å². The summed E-state index contributed by atoms with van der Waals surface area (Å²) in [6.07, 6.45) is 0.853. The van der Waals surface area contributed by atoms with Crippen LogP contribution in [-0.2, 0) is 19.6 Å². The molecule has 2 atom stereocenters. The summed E-state index contributed by atoms with van der Waals surface area (Å²) in [5.74, 6) is -1.23. The Labute approximate surface area is 169 Å². The summed E-state index contributed by atoms with van der Waals surface area (Å²) in [7, 11) is -2.73. The van der Waals surface area contributed by atoms with E-state index in [0.29, 0.717) is 5.56 Å². The maximum atomic E-state index is 13.9.